The summed E-state index contributed by atoms with van der Waals surface area (Å²) in [5.74, 6) is 0.399. The van der Waals surface area contributed by atoms with Crippen LogP contribution in [0.4, 0.5) is 27.8 Å². The van der Waals surface area contributed by atoms with Crippen molar-refractivity contribution in [2.45, 2.75) is 48.8 Å². The number of benzene rings is 1. The molecule has 0 radical (unpaired) electrons. The Morgan fingerprint density at radius 2 is 1.98 bits per heavy atom. The molecule has 1 aromatic carbocycles. The molecule has 0 amide bonds. The summed E-state index contributed by atoms with van der Waals surface area (Å²) in [7, 11) is -4.15. The molecule has 1 atom stereocenters. The minimum atomic E-state index is -4.34. The molecule has 1 N–H and O–H groups in total. The van der Waals surface area contributed by atoms with E-state index in [-0.39, 0.29) is 40.8 Å². The third kappa shape index (κ3) is 5.14. The molecule has 4 aromatic rings. The van der Waals surface area contributed by atoms with Crippen LogP contribution >= 0.6 is 11.3 Å². The fraction of sp³-hybridized carbons (Fsp3) is 0.458. The lowest BCUT2D eigenvalue weighted by Crippen LogP contribution is -2.54. The van der Waals surface area contributed by atoms with Crippen molar-refractivity contribution >= 4 is 49.1 Å². The third-order valence-corrected chi connectivity index (χ3v) is 9.81. The summed E-state index contributed by atoms with van der Waals surface area (Å²) in [5, 5.41) is 17.2. The number of anilines is 1. The van der Waals surface area contributed by atoms with E-state index in [9.17, 15) is 35.6 Å². The van der Waals surface area contributed by atoms with Crippen LogP contribution in [0.3, 0.4) is 0 Å². The average Bonchev–Trinajstić information content (AvgIpc) is 3.36. The molecule has 11 nitrogen and oxygen atoms in total. The van der Waals surface area contributed by atoms with Crippen molar-refractivity contribution < 1.29 is 30.4 Å². The molecular weight excluding hydrogens is 605 g/mol. The molecular formula is C24H22F5N9O2S2. The number of rotatable bonds is 7. The first kappa shape index (κ1) is 28.6. The topological polar surface area (TPSA) is 133 Å². The first-order chi connectivity index (χ1) is 19.8. The summed E-state index contributed by atoms with van der Waals surface area (Å²) in [6, 6.07) is 5.73. The Hall–Kier alpha value is -3.53. The van der Waals surface area contributed by atoms with Crippen LogP contribution in [0, 0.1) is 11.3 Å². The van der Waals surface area contributed by atoms with Gasteiger partial charge < -0.3 is 4.90 Å². The normalized spacial score (nSPS) is 19.6. The molecule has 1 saturated heterocycles. The summed E-state index contributed by atoms with van der Waals surface area (Å²) in [6.07, 6.45) is -5.23. The second-order valence-electron chi connectivity index (χ2n) is 10.3. The van der Waals surface area contributed by atoms with Gasteiger partial charge in [0, 0.05) is 31.1 Å². The van der Waals surface area contributed by atoms with Crippen molar-refractivity contribution in [1.82, 2.24) is 34.4 Å². The van der Waals surface area contributed by atoms with Crippen molar-refractivity contribution in [3.05, 3.63) is 29.5 Å². The Morgan fingerprint density at radius 1 is 1.21 bits per heavy atom. The first-order valence-electron chi connectivity index (χ1n) is 12.7. The predicted octanol–water partition coefficient (Wildman–Crippen LogP) is 3.77. The van der Waals surface area contributed by atoms with E-state index < -0.39 is 45.8 Å². The molecule has 222 valence electrons. The number of alkyl halides is 5. The van der Waals surface area contributed by atoms with Crippen molar-refractivity contribution in [3.63, 3.8) is 0 Å². The standard InChI is InChI=1S/C24H22F5N9O2S2/c1-13-9-36(6-7-37(13)11-24(27,28)29)19-17-15-3-2-14(42(39,40)35-23(10-30)4-5-23)8-16(15)38(20(17)32-12-31-19)22-34-33-21(41-22)18(25)26/h2-3,8,12-13,18,35H,4-7,9,11H2,1H3/t13-/m0/s1. The van der Waals surface area contributed by atoms with Gasteiger partial charge in [-0.05, 0) is 31.9 Å². The fourth-order valence-electron chi connectivity index (χ4n) is 5.14. The molecule has 6 rings (SSSR count). The lowest BCUT2D eigenvalue weighted by atomic mass is 10.1. The van der Waals surface area contributed by atoms with Crippen LogP contribution in [0.1, 0.15) is 31.2 Å². The minimum Gasteiger partial charge on any atom is -0.353 e. The third-order valence-electron chi connectivity index (χ3n) is 7.36. The van der Waals surface area contributed by atoms with Gasteiger partial charge in [-0.3, -0.25) is 9.47 Å². The van der Waals surface area contributed by atoms with Crippen LogP contribution in [-0.2, 0) is 10.0 Å². The van der Waals surface area contributed by atoms with Gasteiger partial charge in [-0.15, -0.1) is 10.2 Å². The van der Waals surface area contributed by atoms with Crippen LogP contribution in [0.25, 0.3) is 27.1 Å². The number of nitriles is 1. The summed E-state index contributed by atoms with van der Waals surface area (Å²) in [6.45, 7) is 1.21. The quantitative estimate of drug-likeness (QED) is 0.304. The van der Waals surface area contributed by atoms with E-state index >= 15 is 0 Å². The first-order valence-corrected chi connectivity index (χ1v) is 15.0. The molecule has 2 fully saturated rings. The molecule has 3 aromatic heterocycles. The van der Waals surface area contributed by atoms with Crippen LogP contribution in [0.5, 0.6) is 0 Å². The summed E-state index contributed by atoms with van der Waals surface area (Å²) in [5.41, 5.74) is -0.678. The second kappa shape index (κ2) is 10.0. The highest BCUT2D eigenvalue weighted by Crippen LogP contribution is 2.40. The maximum absolute atomic E-state index is 13.4. The maximum Gasteiger partial charge on any atom is 0.401 e. The van der Waals surface area contributed by atoms with Gasteiger partial charge >= 0.3 is 6.18 Å². The molecule has 42 heavy (non-hydrogen) atoms. The van der Waals surface area contributed by atoms with E-state index in [4.69, 9.17) is 0 Å². The van der Waals surface area contributed by atoms with Crippen LogP contribution < -0.4 is 9.62 Å². The van der Waals surface area contributed by atoms with Crippen LogP contribution in [0.2, 0.25) is 0 Å². The van der Waals surface area contributed by atoms with E-state index in [1.54, 1.807) is 6.92 Å². The predicted molar refractivity (Wildman–Crippen MR) is 142 cm³/mol. The number of halogens is 5. The maximum atomic E-state index is 13.4. The van der Waals surface area contributed by atoms with E-state index in [0.29, 0.717) is 40.8 Å². The number of sulfonamides is 1. The lowest BCUT2D eigenvalue weighted by Gasteiger charge is -2.40. The van der Waals surface area contributed by atoms with Gasteiger partial charge in [0.05, 0.1) is 28.4 Å². The number of nitrogens with zero attached hydrogens (tertiary/aromatic N) is 8. The highest BCUT2D eigenvalue weighted by Gasteiger charge is 2.47. The van der Waals surface area contributed by atoms with E-state index in [2.05, 4.69) is 24.9 Å². The van der Waals surface area contributed by atoms with Gasteiger partial charge in [-0.1, -0.05) is 17.4 Å². The van der Waals surface area contributed by atoms with Crippen LogP contribution in [0.15, 0.2) is 29.4 Å². The Kier molecular flexibility index (Phi) is 6.83. The van der Waals surface area contributed by atoms with Gasteiger partial charge in [0.2, 0.25) is 15.2 Å². The van der Waals surface area contributed by atoms with Crippen molar-refractivity contribution in [1.29, 1.82) is 5.26 Å². The SMILES string of the molecule is C[C@H]1CN(c2ncnc3c2c2ccc(S(=O)(=O)NC4(C#N)CC4)cc2n3-c2nnc(C(F)F)s2)CCN1CC(F)(F)F. The fourth-order valence-corrected chi connectivity index (χ4v) is 7.25. The molecule has 1 aliphatic carbocycles. The Bertz CT molecular complexity index is 1830. The van der Waals surface area contributed by atoms with Crippen molar-refractivity contribution in [2.75, 3.05) is 31.1 Å². The van der Waals surface area contributed by atoms with Crippen LogP contribution in [-0.4, -0.2) is 82.0 Å². The highest BCUT2D eigenvalue weighted by molar-refractivity contribution is 7.89. The number of hydrogen-bond donors (Lipinski definition) is 1. The monoisotopic (exact) mass is 627 g/mol. The zero-order chi connectivity index (χ0) is 30.0. The van der Waals surface area contributed by atoms with E-state index in [0.717, 1.165) is 0 Å². The minimum absolute atomic E-state index is 0.0107. The molecule has 2 aliphatic rings. The zero-order valence-electron chi connectivity index (χ0n) is 21.8. The number of fused-ring (bicyclic) bond motifs is 3. The molecule has 0 bridgehead atoms. The van der Waals surface area contributed by atoms with E-state index in [1.807, 2.05) is 11.0 Å². The largest absolute Gasteiger partial charge is 0.401 e. The average molecular weight is 628 g/mol. The van der Waals surface area contributed by atoms with Crippen molar-refractivity contribution in [2.24, 2.45) is 0 Å². The van der Waals surface area contributed by atoms with Gasteiger partial charge in [0.25, 0.3) is 6.43 Å². The Balaban J connectivity index is 1.49. The second-order valence-corrected chi connectivity index (χ2v) is 13.0. The number of hydrogen-bond acceptors (Lipinski definition) is 10. The molecule has 0 unspecified atom stereocenters. The van der Waals surface area contributed by atoms with E-state index in [1.165, 1.54) is 34.0 Å². The van der Waals surface area contributed by atoms with Gasteiger partial charge in [0.1, 0.15) is 17.7 Å². The summed E-state index contributed by atoms with van der Waals surface area (Å²) < 4.78 is 96.3. The number of aromatic nitrogens is 5. The Labute approximate surface area is 239 Å². The van der Waals surface area contributed by atoms with Gasteiger partial charge in [-0.25, -0.2) is 27.2 Å². The smallest absolute Gasteiger partial charge is 0.353 e. The summed E-state index contributed by atoms with van der Waals surface area (Å²) >= 11 is 0.608. The Morgan fingerprint density at radius 3 is 2.60 bits per heavy atom. The van der Waals surface area contributed by atoms with Gasteiger partial charge in [0.15, 0.2) is 10.7 Å². The number of nitrogens with one attached hydrogen (secondary N) is 1. The van der Waals surface area contributed by atoms with Crippen molar-refractivity contribution in [3.8, 4) is 11.2 Å². The molecule has 0 spiro atoms. The lowest BCUT2D eigenvalue weighted by molar-refractivity contribution is -0.150. The molecule has 1 aliphatic heterocycles. The highest BCUT2D eigenvalue weighted by atomic mass is 32.2. The van der Waals surface area contributed by atoms with Gasteiger partial charge in [-0.2, -0.15) is 23.2 Å². The number of piperazine rings is 1. The molecule has 18 heteroatoms. The molecule has 1 saturated carbocycles. The summed E-state index contributed by atoms with van der Waals surface area (Å²) in [4.78, 5) is 11.8. The zero-order valence-corrected chi connectivity index (χ0v) is 23.4. The molecule has 4 heterocycles.